The first-order chi connectivity index (χ1) is 4.86. The molecule has 2 rings (SSSR count). The van der Waals surface area contributed by atoms with E-state index in [2.05, 4.69) is 4.98 Å². The highest BCUT2D eigenvalue weighted by atomic mass is 32.1. The van der Waals surface area contributed by atoms with Crippen LogP contribution in [0, 0.1) is 5.21 Å². The molecule has 0 aliphatic rings. The van der Waals surface area contributed by atoms with Crippen LogP contribution in [0.5, 0.6) is 0 Å². The summed E-state index contributed by atoms with van der Waals surface area (Å²) in [6, 6.07) is 1.88. The summed E-state index contributed by atoms with van der Waals surface area (Å²) in [5.74, 6) is 0. The van der Waals surface area contributed by atoms with Crippen molar-refractivity contribution < 1.29 is 4.73 Å². The second-order valence-electron chi connectivity index (χ2n) is 1.91. The van der Waals surface area contributed by atoms with Gasteiger partial charge in [-0.05, 0) is 16.4 Å². The van der Waals surface area contributed by atoms with E-state index in [0.717, 1.165) is 10.2 Å². The van der Waals surface area contributed by atoms with Crippen molar-refractivity contribution in [3.05, 3.63) is 29.2 Å². The highest BCUT2D eigenvalue weighted by Crippen LogP contribution is 2.14. The molecule has 0 saturated carbocycles. The second-order valence-corrected chi connectivity index (χ2v) is 2.81. The second kappa shape index (κ2) is 1.91. The molecule has 0 aliphatic carbocycles. The fourth-order valence-corrected chi connectivity index (χ4v) is 1.50. The predicted octanol–water partition coefficient (Wildman–Crippen LogP) is 0.930. The molecule has 50 valence electrons. The summed E-state index contributed by atoms with van der Waals surface area (Å²) in [6.07, 6.45) is 2.78. The van der Waals surface area contributed by atoms with Crippen molar-refractivity contribution in [1.82, 2.24) is 4.98 Å². The molecule has 0 aromatic carbocycles. The average Bonchev–Trinajstić information content (AvgIpc) is 2.33. The van der Waals surface area contributed by atoms with Crippen molar-refractivity contribution >= 4 is 21.6 Å². The van der Waals surface area contributed by atoms with Crippen molar-refractivity contribution in [1.29, 1.82) is 0 Å². The van der Waals surface area contributed by atoms with E-state index in [4.69, 9.17) is 0 Å². The predicted molar refractivity (Wildman–Crippen MR) is 38.6 cm³/mol. The van der Waals surface area contributed by atoms with Crippen LogP contribution in [0.15, 0.2) is 24.0 Å². The Bertz CT molecular complexity index is 357. The smallest absolute Gasteiger partial charge is 0.290 e. The molecular weight excluding hydrogens is 148 g/mol. The van der Waals surface area contributed by atoms with Gasteiger partial charge in [0.05, 0.1) is 5.39 Å². The van der Waals surface area contributed by atoms with Crippen LogP contribution >= 0.6 is 11.3 Å². The minimum absolute atomic E-state index is 0.703. The van der Waals surface area contributed by atoms with E-state index < -0.39 is 0 Å². The maximum Gasteiger partial charge on any atom is 0.290 e. The largest absolute Gasteiger partial charge is 0.711 e. The number of fused-ring (bicyclic) bond motifs is 1. The van der Waals surface area contributed by atoms with Gasteiger partial charge in [0.1, 0.15) is 6.20 Å². The summed E-state index contributed by atoms with van der Waals surface area (Å²) >= 11 is 1.53. The van der Waals surface area contributed by atoms with Gasteiger partial charge in [-0.1, -0.05) is 11.3 Å². The monoisotopic (exact) mass is 152 g/mol. The van der Waals surface area contributed by atoms with Crippen molar-refractivity contribution in [3.8, 4) is 0 Å². The zero-order valence-corrected chi connectivity index (χ0v) is 5.84. The Morgan fingerprint density at radius 3 is 3.40 bits per heavy atom. The van der Waals surface area contributed by atoms with Crippen LogP contribution in [0.1, 0.15) is 0 Å². The Kier molecular flexibility index (Phi) is 1.07. The molecule has 0 bridgehead atoms. The molecule has 0 atom stereocenters. The Labute approximate surface area is 61.2 Å². The van der Waals surface area contributed by atoms with Crippen LogP contribution in [0.2, 0.25) is 0 Å². The number of aromatic nitrogens is 2. The highest BCUT2D eigenvalue weighted by molar-refractivity contribution is 7.16. The van der Waals surface area contributed by atoms with Crippen LogP contribution in [-0.4, -0.2) is 4.98 Å². The van der Waals surface area contributed by atoms with Gasteiger partial charge in [0.25, 0.3) is 6.33 Å². The van der Waals surface area contributed by atoms with Crippen molar-refractivity contribution in [2.45, 2.75) is 0 Å². The van der Waals surface area contributed by atoms with E-state index in [1.54, 1.807) is 0 Å². The van der Waals surface area contributed by atoms with E-state index in [1.165, 1.54) is 23.9 Å². The van der Waals surface area contributed by atoms with Crippen LogP contribution in [0.3, 0.4) is 0 Å². The fourth-order valence-electron chi connectivity index (χ4n) is 0.794. The first-order valence-electron chi connectivity index (χ1n) is 2.78. The van der Waals surface area contributed by atoms with Gasteiger partial charge in [-0.3, -0.25) is 0 Å². The Hall–Kier alpha value is -1.16. The van der Waals surface area contributed by atoms with Crippen LogP contribution in [0.4, 0.5) is 0 Å². The third kappa shape index (κ3) is 0.733. The lowest BCUT2D eigenvalue weighted by Gasteiger charge is -1.94. The maximum atomic E-state index is 10.6. The summed E-state index contributed by atoms with van der Waals surface area (Å²) in [7, 11) is 0. The minimum Gasteiger partial charge on any atom is -0.711 e. The van der Waals surface area contributed by atoms with E-state index in [-0.39, 0.29) is 0 Å². The van der Waals surface area contributed by atoms with Gasteiger partial charge in [0.15, 0.2) is 0 Å². The molecule has 10 heavy (non-hydrogen) atoms. The van der Waals surface area contributed by atoms with E-state index in [9.17, 15) is 5.21 Å². The average molecular weight is 152 g/mol. The lowest BCUT2D eigenvalue weighted by molar-refractivity contribution is -0.607. The molecule has 0 aliphatic heterocycles. The number of rotatable bonds is 0. The summed E-state index contributed by atoms with van der Waals surface area (Å²) in [5, 5.41) is 13.5. The number of hydrogen-bond acceptors (Lipinski definition) is 3. The minimum atomic E-state index is 0.703. The van der Waals surface area contributed by atoms with Gasteiger partial charge < -0.3 is 5.21 Å². The normalized spacial score (nSPS) is 10.4. The standard InChI is InChI=1S/C6H4N2OS/c9-8-3-5-1-2-10-6(5)7-4-8/h1-4H. The zero-order valence-electron chi connectivity index (χ0n) is 5.02. The van der Waals surface area contributed by atoms with Gasteiger partial charge in [-0.25, -0.2) is 4.73 Å². The van der Waals surface area contributed by atoms with E-state index >= 15 is 0 Å². The van der Waals surface area contributed by atoms with Gasteiger partial charge >= 0.3 is 0 Å². The molecular formula is C6H4N2OS. The number of thiophene rings is 1. The van der Waals surface area contributed by atoms with Crippen LogP contribution in [0.25, 0.3) is 10.2 Å². The summed E-state index contributed by atoms with van der Waals surface area (Å²) < 4.78 is 0.703. The van der Waals surface area contributed by atoms with Gasteiger partial charge in [0.2, 0.25) is 4.83 Å². The molecule has 0 unspecified atom stereocenters. The third-order valence-corrected chi connectivity index (χ3v) is 2.07. The Morgan fingerprint density at radius 2 is 2.50 bits per heavy atom. The summed E-state index contributed by atoms with van der Waals surface area (Å²) in [6.45, 7) is 0. The summed E-state index contributed by atoms with van der Waals surface area (Å²) in [4.78, 5) is 4.82. The Morgan fingerprint density at radius 1 is 1.60 bits per heavy atom. The Balaban J connectivity index is 2.86. The molecule has 2 heterocycles. The molecule has 0 N–H and O–H groups in total. The molecule has 4 heteroatoms. The third-order valence-electron chi connectivity index (χ3n) is 1.23. The highest BCUT2D eigenvalue weighted by Gasteiger charge is 1.99. The number of hydrogen-bond donors (Lipinski definition) is 0. The first kappa shape index (κ1) is 5.61. The topological polar surface area (TPSA) is 39.8 Å². The molecule has 0 fully saturated rings. The zero-order chi connectivity index (χ0) is 6.97. The van der Waals surface area contributed by atoms with Crippen molar-refractivity contribution in [2.75, 3.05) is 0 Å². The maximum absolute atomic E-state index is 10.6. The SMILES string of the molecule is [O-][n+]1cnc2sccc2c1. The van der Waals surface area contributed by atoms with E-state index in [1.807, 2.05) is 11.4 Å². The fraction of sp³-hybridized carbons (Fsp3) is 0. The van der Waals surface area contributed by atoms with Gasteiger partial charge in [-0.15, -0.1) is 0 Å². The summed E-state index contributed by atoms with van der Waals surface area (Å²) in [5.41, 5.74) is 0. The molecule has 0 spiro atoms. The molecule has 2 aromatic heterocycles. The van der Waals surface area contributed by atoms with Crippen LogP contribution < -0.4 is 4.73 Å². The van der Waals surface area contributed by atoms with Gasteiger partial charge in [-0.2, -0.15) is 0 Å². The molecule has 3 nitrogen and oxygen atoms in total. The lowest BCUT2D eigenvalue weighted by atomic mass is 10.4. The number of nitrogens with zero attached hydrogens (tertiary/aromatic N) is 2. The quantitative estimate of drug-likeness (QED) is 0.416. The molecule has 0 amide bonds. The van der Waals surface area contributed by atoms with Gasteiger partial charge in [0, 0.05) is 0 Å². The molecule has 2 aromatic rings. The molecule has 0 saturated heterocycles. The molecule has 0 radical (unpaired) electrons. The van der Waals surface area contributed by atoms with Crippen molar-refractivity contribution in [3.63, 3.8) is 0 Å². The van der Waals surface area contributed by atoms with E-state index in [0.29, 0.717) is 4.73 Å². The first-order valence-corrected chi connectivity index (χ1v) is 3.66. The van der Waals surface area contributed by atoms with Crippen LogP contribution in [-0.2, 0) is 0 Å². The lowest BCUT2D eigenvalue weighted by Crippen LogP contribution is -2.24. The van der Waals surface area contributed by atoms with Crippen molar-refractivity contribution in [2.24, 2.45) is 0 Å².